The molecule has 136 valence electrons. The summed E-state index contributed by atoms with van der Waals surface area (Å²) >= 11 is 1.70. The molecule has 0 bridgehead atoms. The second kappa shape index (κ2) is 7.09. The van der Waals surface area contributed by atoms with Crippen LogP contribution in [0.5, 0.6) is 0 Å². The van der Waals surface area contributed by atoms with E-state index in [2.05, 4.69) is 34.0 Å². The van der Waals surface area contributed by atoms with Crippen LogP contribution in [0.2, 0.25) is 0 Å². The largest absolute Gasteiger partial charge is 0.376 e. The van der Waals surface area contributed by atoms with Crippen molar-refractivity contribution in [1.29, 1.82) is 0 Å². The molecule has 5 nitrogen and oxygen atoms in total. The molecule has 1 N–H and O–H groups in total. The van der Waals surface area contributed by atoms with Crippen LogP contribution in [0.3, 0.4) is 0 Å². The van der Waals surface area contributed by atoms with Crippen molar-refractivity contribution in [3.8, 4) is 0 Å². The molecule has 1 atom stereocenters. The SMILES string of the molecule is Cn1c(C(=O)N(C[C@@H]2CCCO2)C2CC[NH+](C)CC2)cc2sccc21. The summed E-state index contributed by atoms with van der Waals surface area (Å²) in [6, 6.07) is 4.50. The molecular weight excluding hydrogens is 334 g/mol. The Kier molecular flexibility index (Phi) is 4.84. The lowest BCUT2D eigenvalue weighted by molar-refractivity contribution is -0.885. The summed E-state index contributed by atoms with van der Waals surface area (Å²) in [5, 5.41) is 2.09. The maximum Gasteiger partial charge on any atom is 0.270 e. The predicted molar refractivity (Wildman–Crippen MR) is 100 cm³/mol. The van der Waals surface area contributed by atoms with Crippen LogP contribution in [0.25, 0.3) is 10.2 Å². The molecule has 2 saturated heterocycles. The molecular formula is C19H28N3O2S+. The Labute approximate surface area is 153 Å². The van der Waals surface area contributed by atoms with Gasteiger partial charge in [0.25, 0.3) is 5.91 Å². The lowest BCUT2D eigenvalue weighted by atomic mass is 10.0. The number of hydrogen-bond acceptors (Lipinski definition) is 3. The highest BCUT2D eigenvalue weighted by Crippen LogP contribution is 2.27. The molecule has 0 saturated carbocycles. The summed E-state index contributed by atoms with van der Waals surface area (Å²) in [5.74, 6) is 0.172. The number of aromatic nitrogens is 1. The number of ether oxygens (including phenoxy) is 1. The summed E-state index contributed by atoms with van der Waals surface area (Å²) in [7, 11) is 4.25. The van der Waals surface area contributed by atoms with E-state index in [-0.39, 0.29) is 12.0 Å². The van der Waals surface area contributed by atoms with Crippen LogP contribution in [-0.4, -0.2) is 60.8 Å². The molecule has 4 rings (SSSR count). The van der Waals surface area contributed by atoms with Gasteiger partial charge in [-0.15, -0.1) is 11.3 Å². The van der Waals surface area contributed by atoms with Crippen LogP contribution < -0.4 is 4.90 Å². The van der Waals surface area contributed by atoms with Crippen LogP contribution >= 0.6 is 11.3 Å². The van der Waals surface area contributed by atoms with Crippen molar-refractivity contribution >= 4 is 27.5 Å². The third-order valence-corrected chi connectivity index (χ3v) is 6.67. The number of rotatable bonds is 4. The highest BCUT2D eigenvalue weighted by molar-refractivity contribution is 7.17. The average Bonchev–Trinajstić information content (AvgIpc) is 3.33. The molecule has 0 aromatic carbocycles. The fourth-order valence-corrected chi connectivity index (χ4v) is 5.06. The maximum atomic E-state index is 13.4. The number of carbonyl (C=O) groups excluding carboxylic acids is 1. The van der Waals surface area contributed by atoms with Crippen LogP contribution in [-0.2, 0) is 11.8 Å². The van der Waals surface area contributed by atoms with Crippen molar-refractivity contribution in [2.45, 2.75) is 37.8 Å². The molecule has 4 heterocycles. The van der Waals surface area contributed by atoms with E-state index in [1.165, 1.54) is 4.70 Å². The lowest BCUT2D eigenvalue weighted by Crippen LogP contribution is -3.10. The van der Waals surface area contributed by atoms with Gasteiger partial charge in [0.1, 0.15) is 5.69 Å². The first kappa shape index (κ1) is 17.1. The Morgan fingerprint density at radius 1 is 1.40 bits per heavy atom. The highest BCUT2D eigenvalue weighted by atomic mass is 32.1. The topological polar surface area (TPSA) is 38.9 Å². The molecule has 0 spiro atoms. The number of quaternary nitrogens is 1. The van der Waals surface area contributed by atoms with Crippen LogP contribution in [0, 0.1) is 0 Å². The Hall–Kier alpha value is -1.37. The molecule has 2 aliphatic heterocycles. The number of thiophene rings is 1. The van der Waals surface area contributed by atoms with Crippen LogP contribution in [0.4, 0.5) is 0 Å². The average molecular weight is 363 g/mol. The Morgan fingerprint density at radius 3 is 2.88 bits per heavy atom. The molecule has 2 aromatic rings. The quantitative estimate of drug-likeness (QED) is 0.896. The summed E-state index contributed by atoms with van der Waals surface area (Å²) in [5.41, 5.74) is 1.96. The number of piperidine rings is 1. The van der Waals surface area contributed by atoms with Gasteiger partial charge in [-0.3, -0.25) is 4.79 Å². The number of fused-ring (bicyclic) bond motifs is 1. The molecule has 1 amide bonds. The van der Waals surface area contributed by atoms with Gasteiger partial charge < -0.3 is 19.1 Å². The standard InChI is InChI=1S/C19H27N3O2S/c1-20-8-5-14(6-9-20)22(13-15-4-3-10-24-15)19(23)17-12-18-16(21(17)2)7-11-25-18/h7,11-12,14-15H,3-6,8-10,13H2,1-2H3/p+1/t15-/m0/s1. The molecule has 0 aliphatic carbocycles. The van der Waals surface area contributed by atoms with Gasteiger partial charge in [0, 0.05) is 39.1 Å². The van der Waals surface area contributed by atoms with Crippen molar-refractivity contribution in [3.63, 3.8) is 0 Å². The first-order valence-corrected chi connectivity index (χ1v) is 10.3. The molecule has 2 fully saturated rings. The zero-order chi connectivity index (χ0) is 17.4. The monoisotopic (exact) mass is 362 g/mol. The number of likely N-dealkylation sites (tertiary alicyclic amines) is 1. The van der Waals surface area contributed by atoms with Crippen molar-refractivity contribution in [2.75, 3.05) is 33.3 Å². The van der Waals surface area contributed by atoms with Crippen LogP contribution in [0.15, 0.2) is 17.5 Å². The number of nitrogens with zero attached hydrogens (tertiary/aromatic N) is 2. The minimum Gasteiger partial charge on any atom is -0.376 e. The maximum absolute atomic E-state index is 13.4. The lowest BCUT2D eigenvalue weighted by Gasteiger charge is -2.37. The first-order chi connectivity index (χ1) is 12.1. The Balaban J connectivity index is 1.60. The van der Waals surface area contributed by atoms with Gasteiger partial charge in [-0.25, -0.2) is 0 Å². The summed E-state index contributed by atoms with van der Waals surface area (Å²) in [6.07, 6.45) is 4.57. The third kappa shape index (κ3) is 3.35. The van der Waals surface area contributed by atoms with E-state index in [9.17, 15) is 4.79 Å². The second-order valence-corrected chi connectivity index (χ2v) is 8.49. The van der Waals surface area contributed by atoms with Crippen molar-refractivity contribution in [1.82, 2.24) is 9.47 Å². The molecule has 0 unspecified atom stereocenters. The van der Waals surface area contributed by atoms with Gasteiger partial charge in [0.05, 0.1) is 36.5 Å². The van der Waals surface area contributed by atoms with E-state index < -0.39 is 0 Å². The summed E-state index contributed by atoms with van der Waals surface area (Å²) in [6.45, 7) is 3.86. The van der Waals surface area contributed by atoms with Gasteiger partial charge in [0.2, 0.25) is 0 Å². The number of amides is 1. The van der Waals surface area contributed by atoms with Gasteiger partial charge in [-0.2, -0.15) is 0 Å². The third-order valence-electron chi connectivity index (χ3n) is 5.82. The highest BCUT2D eigenvalue weighted by Gasteiger charge is 2.33. The second-order valence-electron chi connectivity index (χ2n) is 7.54. The number of hydrogen-bond donors (Lipinski definition) is 1. The number of carbonyl (C=O) groups is 1. The Morgan fingerprint density at radius 2 is 2.20 bits per heavy atom. The minimum absolute atomic E-state index is 0.172. The van der Waals surface area contributed by atoms with E-state index in [4.69, 9.17) is 4.74 Å². The summed E-state index contributed by atoms with van der Waals surface area (Å²) < 4.78 is 9.09. The number of nitrogens with one attached hydrogen (secondary N) is 1. The van der Waals surface area contributed by atoms with Crippen molar-refractivity contribution in [3.05, 3.63) is 23.2 Å². The van der Waals surface area contributed by atoms with Gasteiger partial charge in [-0.05, 0) is 30.4 Å². The van der Waals surface area contributed by atoms with Gasteiger partial charge in [0.15, 0.2) is 0 Å². The molecule has 25 heavy (non-hydrogen) atoms. The normalized spacial score (nSPS) is 27.0. The molecule has 6 heteroatoms. The fourth-order valence-electron chi connectivity index (χ4n) is 4.21. The van der Waals surface area contributed by atoms with E-state index in [1.54, 1.807) is 16.2 Å². The van der Waals surface area contributed by atoms with Crippen molar-refractivity contribution in [2.24, 2.45) is 7.05 Å². The predicted octanol–water partition coefficient (Wildman–Crippen LogP) is 1.54. The van der Waals surface area contributed by atoms with E-state index in [0.717, 1.165) is 63.1 Å². The number of aryl methyl sites for hydroxylation is 1. The minimum atomic E-state index is 0.172. The van der Waals surface area contributed by atoms with Gasteiger partial charge in [-0.1, -0.05) is 0 Å². The van der Waals surface area contributed by atoms with E-state index >= 15 is 0 Å². The molecule has 0 radical (unpaired) electrons. The Bertz CT molecular complexity index is 739. The first-order valence-electron chi connectivity index (χ1n) is 9.40. The smallest absolute Gasteiger partial charge is 0.270 e. The van der Waals surface area contributed by atoms with Gasteiger partial charge >= 0.3 is 0 Å². The zero-order valence-electron chi connectivity index (χ0n) is 15.2. The van der Waals surface area contributed by atoms with Crippen molar-refractivity contribution < 1.29 is 14.4 Å². The molecule has 2 aliphatic rings. The zero-order valence-corrected chi connectivity index (χ0v) is 16.0. The molecule has 2 aromatic heterocycles. The van der Waals surface area contributed by atoms with Crippen LogP contribution in [0.1, 0.15) is 36.2 Å². The fraction of sp³-hybridized carbons (Fsp3) is 0.632. The summed E-state index contributed by atoms with van der Waals surface area (Å²) in [4.78, 5) is 17.1. The van der Waals surface area contributed by atoms with E-state index in [0.29, 0.717) is 6.04 Å². The van der Waals surface area contributed by atoms with E-state index in [1.807, 2.05) is 7.05 Å².